The monoisotopic (exact) mass is 483 g/mol. The van der Waals surface area contributed by atoms with Crippen LogP contribution in [-0.4, -0.2) is 19.3 Å². The molecule has 2 N–H and O–H groups in total. The molecule has 1 heterocycles. The summed E-state index contributed by atoms with van der Waals surface area (Å²) in [6.07, 6.45) is 0. The van der Waals surface area contributed by atoms with E-state index in [9.17, 15) is 17.6 Å². The number of carbonyl (C=O) groups is 1. The lowest BCUT2D eigenvalue weighted by Crippen LogP contribution is -2.25. The van der Waals surface area contributed by atoms with Crippen LogP contribution in [0.3, 0.4) is 0 Å². The number of benzene rings is 3. The van der Waals surface area contributed by atoms with Crippen molar-refractivity contribution in [3.8, 4) is 0 Å². The number of para-hydroxylation sites is 1. The van der Waals surface area contributed by atoms with Crippen molar-refractivity contribution in [1.82, 2.24) is 15.0 Å². The van der Waals surface area contributed by atoms with Gasteiger partial charge in [-0.1, -0.05) is 54.1 Å². The average Bonchev–Trinajstić information content (AvgIpc) is 2.81. The van der Waals surface area contributed by atoms with Gasteiger partial charge in [-0.3, -0.25) is 4.79 Å². The number of nitrogens with zero attached hydrogens (tertiary/aromatic N) is 1. The Morgan fingerprint density at radius 3 is 2.42 bits per heavy atom. The predicted octanol–water partition coefficient (Wildman–Crippen LogP) is 4.44. The van der Waals surface area contributed by atoms with E-state index in [0.29, 0.717) is 27.6 Å². The molecule has 1 aromatic heterocycles. The summed E-state index contributed by atoms with van der Waals surface area (Å²) in [7, 11) is -3.83. The highest BCUT2D eigenvalue weighted by Gasteiger charge is 2.16. The number of pyridine rings is 1. The maximum Gasteiger partial charge on any atom is 0.252 e. The van der Waals surface area contributed by atoms with Crippen molar-refractivity contribution < 1.29 is 17.6 Å². The third-order valence-electron chi connectivity index (χ3n) is 4.95. The molecular formula is C24H19ClFN3O3S. The Bertz CT molecular complexity index is 1440. The highest BCUT2D eigenvalue weighted by molar-refractivity contribution is 7.89. The fourth-order valence-electron chi connectivity index (χ4n) is 3.34. The molecule has 3 aromatic carbocycles. The van der Waals surface area contributed by atoms with Crippen molar-refractivity contribution in [3.05, 3.63) is 107 Å². The second-order valence-electron chi connectivity index (χ2n) is 7.29. The molecule has 0 aliphatic rings. The third kappa shape index (κ3) is 5.54. The van der Waals surface area contributed by atoms with E-state index < -0.39 is 15.8 Å². The zero-order valence-corrected chi connectivity index (χ0v) is 18.8. The first-order valence-corrected chi connectivity index (χ1v) is 11.8. The number of amides is 1. The van der Waals surface area contributed by atoms with Gasteiger partial charge in [0.2, 0.25) is 10.0 Å². The van der Waals surface area contributed by atoms with E-state index >= 15 is 0 Å². The van der Waals surface area contributed by atoms with Crippen LogP contribution in [0.1, 0.15) is 21.5 Å². The van der Waals surface area contributed by atoms with E-state index in [1.165, 1.54) is 36.4 Å². The van der Waals surface area contributed by atoms with Gasteiger partial charge >= 0.3 is 0 Å². The summed E-state index contributed by atoms with van der Waals surface area (Å²) in [6, 6.07) is 20.6. The third-order valence-corrected chi connectivity index (χ3v) is 6.54. The van der Waals surface area contributed by atoms with Crippen LogP contribution in [0.25, 0.3) is 10.9 Å². The van der Waals surface area contributed by atoms with Crippen LogP contribution in [0.4, 0.5) is 4.39 Å². The molecule has 1 amide bonds. The van der Waals surface area contributed by atoms with Crippen molar-refractivity contribution in [2.75, 3.05) is 0 Å². The maximum atomic E-state index is 13.3. The molecule has 0 atom stereocenters. The molecule has 0 saturated heterocycles. The topological polar surface area (TPSA) is 88.2 Å². The van der Waals surface area contributed by atoms with Gasteiger partial charge in [0.25, 0.3) is 5.91 Å². The Labute approximate surface area is 195 Å². The Balaban J connectivity index is 1.47. The molecule has 0 aliphatic carbocycles. The predicted molar refractivity (Wildman–Crippen MR) is 125 cm³/mol. The largest absolute Gasteiger partial charge is 0.348 e. The van der Waals surface area contributed by atoms with E-state index in [4.69, 9.17) is 11.6 Å². The van der Waals surface area contributed by atoms with Gasteiger partial charge in [0.1, 0.15) is 11.0 Å². The number of rotatable bonds is 7. The fourth-order valence-corrected chi connectivity index (χ4v) is 4.63. The lowest BCUT2D eigenvalue weighted by molar-refractivity contribution is 0.0952. The summed E-state index contributed by atoms with van der Waals surface area (Å²) >= 11 is 6.05. The molecular weight excluding hydrogens is 465 g/mol. The summed E-state index contributed by atoms with van der Waals surface area (Å²) < 4.78 is 41.1. The molecule has 6 nitrogen and oxygen atoms in total. The van der Waals surface area contributed by atoms with E-state index in [2.05, 4.69) is 15.0 Å². The molecule has 0 spiro atoms. The average molecular weight is 484 g/mol. The lowest BCUT2D eigenvalue weighted by Gasteiger charge is -2.11. The molecule has 9 heteroatoms. The molecule has 4 aromatic rings. The number of sulfonamides is 1. The Kier molecular flexibility index (Phi) is 6.69. The van der Waals surface area contributed by atoms with Crippen LogP contribution in [0, 0.1) is 5.82 Å². The Hall–Kier alpha value is -3.33. The number of nitrogens with one attached hydrogen (secondary N) is 2. The van der Waals surface area contributed by atoms with Crippen molar-refractivity contribution in [2.24, 2.45) is 0 Å². The maximum absolute atomic E-state index is 13.3. The van der Waals surface area contributed by atoms with Gasteiger partial charge < -0.3 is 5.32 Å². The van der Waals surface area contributed by atoms with Crippen molar-refractivity contribution in [3.63, 3.8) is 0 Å². The van der Waals surface area contributed by atoms with Gasteiger partial charge in [-0.15, -0.1) is 0 Å². The molecule has 168 valence electrons. The number of hydrogen-bond donors (Lipinski definition) is 2. The van der Waals surface area contributed by atoms with E-state index in [0.717, 1.165) is 0 Å². The van der Waals surface area contributed by atoms with Gasteiger partial charge in [-0.25, -0.2) is 22.5 Å². The normalized spacial score (nSPS) is 11.5. The highest BCUT2D eigenvalue weighted by atomic mass is 35.5. The molecule has 4 rings (SSSR count). The fraction of sp³-hybridized carbons (Fsp3) is 0.0833. The second-order valence-corrected chi connectivity index (χ2v) is 9.45. The highest BCUT2D eigenvalue weighted by Crippen LogP contribution is 2.21. The quantitative estimate of drug-likeness (QED) is 0.380. The van der Waals surface area contributed by atoms with Crippen LogP contribution < -0.4 is 10.0 Å². The summed E-state index contributed by atoms with van der Waals surface area (Å²) in [5, 5.41) is 3.66. The number of halogens is 2. The number of fused-ring (bicyclic) bond motifs is 1. The summed E-state index contributed by atoms with van der Waals surface area (Å²) in [5.41, 5.74) is 2.09. The smallest absolute Gasteiger partial charge is 0.252 e. The van der Waals surface area contributed by atoms with Crippen LogP contribution in [-0.2, 0) is 23.1 Å². The van der Waals surface area contributed by atoms with Gasteiger partial charge in [0.15, 0.2) is 0 Å². The Morgan fingerprint density at radius 1 is 0.909 bits per heavy atom. The number of carbonyl (C=O) groups excluding carboxylic acids is 1. The molecule has 0 unspecified atom stereocenters. The van der Waals surface area contributed by atoms with Crippen molar-refractivity contribution in [2.45, 2.75) is 18.0 Å². The van der Waals surface area contributed by atoms with Gasteiger partial charge in [-0.2, -0.15) is 0 Å². The molecule has 0 bridgehead atoms. The van der Waals surface area contributed by atoms with Gasteiger partial charge in [0, 0.05) is 18.5 Å². The van der Waals surface area contributed by atoms with E-state index in [1.807, 2.05) is 6.07 Å². The zero-order valence-electron chi connectivity index (χ0n) is 17.3. The van der Waals surface area contributed by atoms with Crippen LogP contribution in [0.2, 0.25) is 5.15 Å². The summed E-state index contributed by atoms with van der Waals surface area (Å²) in [5.74, 6) is -0.791. The zero-order chi connectivity index (χ0) is 23.4. The van der Waals surface area contributed by atoms with Crippen molar-refractivity contribution in [1.29, 1.82) is 0 Å². The first kappa shape index (κ1) is 22.8. The van der Waals surface area contributed by atoms with Gasteiger partial charge in [0.05, 0.1) is 16.0 Å². The molecule has 0 saturated carbocycles. The lowest BCUT2D eigenvalue weighted by atomic mass is 10.1. The van der Waals surface area contributed by atoms with Crippen LogP contribution in [0.5, 0.6) is 0 Å². The molecule has 0 radical (unpaired) electrons. The first-order chi connectivity index (χ1) is 15.8. The van der Waals surface area contributed by atoms with E-state index in [1.54, 1.807) is 36.4 Å². The minimum atomic E-state index is -3.83. The standard InChI is InChI=1S/C24H19ClFN3O3S/c25-23-13-21(20-9-1-2-10-22(20)29-23)24(30)27-14-17-6-4-8-19(12-17)33(31,32)28-15-16-5-3-7-18(26)11-16/h1-13,28H,14-15H2,(H,27,30). The number of hydrogen-bond acceptors (Lipinski definition) is 4. The summed E-state index contributed by atoms with van der Waals surface area (Å²) in [4.78, 5) is 17.0. The number of aromatic nitrogens is 1. The van der Waals surface area contributed by atoms with Crippen molar-refractivity contribution >= 4 is 38.4 Å². The van der Waals surface area contributed by atoms with E-state index in [-0.39, 0.29) is 29.0 Å². The SMILES string of the molecule is O=C(NCc1cccc(S(=O)(=O)NCc2cccc(F)c2)c1)c1cc(Cl)nc2ccccc12. The first-order valence-electron chi connectivity index (χ1n) is 9.98. The second kappa shape index (κ2) is 9.66. The minimum absolute atomic E-state index is 0.0445. The minimum Gasteiger partial charge on any atom is -0.348 e. The molecule has 0 aliphatic heterocycles. The summed E-state index contributed by atoms with van der Waals surface area (Å²) in [6.45, 7) is 0.0668. The van der Waals surface area contributed by atoms with Crippen LogP contribution >= 0.6 is 11.6 Å². The molecule has 0 fully saturated rings. The van der Waals surface area contributed by atoms with Crippen LogP contribution in [0.15, 0.2) is 83.8 Å². The molecule has 33 heavy (non-hydrogen) atoms. The Morgan fingerprint density at radius 2 is 1.64 bits per heavy atom. The van der Waals surface area contributed by atoms with Gasteiger partial charge in [-0.05, 0) is 47.5 Å².